The van der Waals surface area contributed by atoms with E-state index in [0.29, 0.717) is 5.02 Å². The average molecular weight is 276 g/mol. The van der Waals surface area contributed by atoms with Crippen LogP contribution in [0.1, 0.15) is 0 Å². The Kier molecular flexibility index (Phi) is 4.21. The van der Waals surface area contributed by atoms with Gasteiger partial charge in [0, 0.05) is 10.2 Å². The fourth-order valence-corrected chi connectivity index (χ4v) is 1.40. The number of aliphatic hydroxyl groups is 1. The van der Waals surface area contributed by atoms with Gasteiger partial charge in [-0.2, -0.15) is 5.26 Å². The Morgan fingerprint density at radius 1 is 1.64 bits per heavy atom. The maximum atomic E-state index is 8.79. The molecule has 2 N–H and O–H groups in total. The van der Waals surface area contributed by atoms with Gasteiger partial charge in [-0.1, -0.05) is 11.6 Å². The molecule has 1 rings (SSSR count). The van der Waals surface area contributed by atoms with Crippen molar-refractivity contribution in [2.75, 3.05) is 11.9 Å². The van der Waals surface area contributed by atoms with E-state index in [1.54, 1.807) is 18.2 Å². The van der Waals surface area contributed by atoms with Crippen LogP contribution in [0.4, 0.5) is 5.69 Å². The average Bonchev–Trinajstić information content (AvgIpc) is 2.19. The first kappa shape index (κ1) is 11.3. The van der Waals surface area contributed by atoms with Gasteiger partial charge in [-0.3, -0.25) is 0 Å². The summed E-state index contributed by atoms with van der Waals surface area (Å²) in [6.45, 7) is -0.225. The zero-order valence-corrected chi connectivity index (χ0v) is 9.51. The molecule has 1 aromatic rings. The number of nitriles is 1. The third-order valence-corrected chi connectivity index (χ3v) is 2.81. The Morgan fingerprint density at radius 2 is 2.36 bits per heavy atom. The van der Waals surface area contributed by atoms with Crippen LogP contribution in [-0.2, 0) is 0 Å². The summed E-state index contributed by atoms with van der Waals surface area (Å²) in [6.07, 6.45) is 0. The summed E-state index contributed by atoms with van der Waals surface area (Å²) in [5.41, 5.74) is 0.738. The standard InChI is InChI=1S/C9H8BrClN2O/c10-8-3-6(1-2-9(8)11)13-7(4-12)5-14/h1-3,7,13-14H,5H2. The fourth-order valence-electron chi connectivity index (χ4n) is 0.906. The molecule has 0 aliphatic rings. The van der Waals surface area contributed by atoms with Crippen LogP contribution in [0, 0.1) is 11.3 Å². The number of benzene rings is 1. The third kappa shape index (κ3) is 2.88. The molecule has 0 fully saturated rings. The van der Waals surface area contributed by atoms with E-state index in [1.807, 2.05) is 6.07 Å². The number of aliphatic hydroxyl groups excluding tert-OH is 1. The summed E-state index contributed by atoms with van der Waals surface area (Å²) < 4.78 is 0.749. The molecule has 0 aliphatic carbocycles. The van der Waals surface area contributed by atoms with Gasteiger partial charge in [-0.05, 0) is 34.1 Å². The van der Waals surface area contributed by atoms with Crippen LogP contribution in [-0.4, -0.2) is 17.8 Å². The van der Waals surface area contributed by atoms with Crippen LogP contribution in [0.15, 0.2) is 22.7 Å². The number of hydrogen-bond acceptors (Lipinski definition) is 3. The van der Waals surface area contributed by atoms with Crippen molar-refractivity contribution < 1.29 is 5.11 Å². The molecule has 0 aliphatic heterocycles. The lowest BCUT2D eigenvalue weighted by molar-refractivity contribution is 0.293. The molecule has 1 unspecified atom stereocenters. The molecule has 5 heteroatoms. The third-order valence-electron chi connectivity index (χ3n) is 1.60. The van der Waals surface area contributed by atoms with Gasteiger partial charge in [0.15, 0.2) is 0 Å². The second-order valence-corrected chi connectivity index (χ2v) is 3.90. The van der Waals surface area contributed by atoms with Crippen LogP contribution in [0.3, 0.4) is 0 Å². The number of rotatable bonds is 3. The molecule has 0 amide bonds. The minimum Gasteiger partial charge on any atom is -0.393 e. The smallest absolute Gasteiger partial charge is 0.137 e. The minimum absolute atomic E-state index is 0.225. The molecule has 0 bridgehead atoms. The molecule has 1 aromatic carbocycles. The Labute approximate surface area is 95.4 Å². The number of anilines is 1. The maximum Gasteiger partial charge on any atom is 0.137 e. The molecule has 0 aromatic heterocycles. The minimum atomic E-state index is -0.594. The van der Waals surface area contributed by atoms with Crippen LogP contribution >= 0.6 is 27.5 Å². The highest BCUT2D eigenvalue weighted by Crippen LogP contribution is 2.25. The second-order valence-electron chi connectivity index (χ2n) is 2.64. The van der Waals surface area contributed by atoms with E-state index in [4.69, 9.17) is 22.0 Å². The zero-order chi connectivity index (χ0) is 10.6. The van der Waals surface area contributed by atoms with Crippen molar-refractivity contribution in [1.29, 1.82) is 5.26 Å². The van der Waals surface area contributed by atoms with E-state index in [9.17, 15) is 0 Å². The van der Waals surface area contributed by atoms with Crippen LogP contribution in [0.2, 0.25) is 5.02 Å². The summed E-state index contributed by atoms with van der Waals surface area (Å²) in [4.78, 5) is 0. The lowest BCUT2D eigenvalue weighted by Crippen LogP contribution is -2.21. The summed E-state index contributed by atoms with van der Waals surface area (Å²) in [7, 11) is 0. The molecular weight excluding hydrogens is 267 g/mol. The lowest BCUT2D eigenvalue weighted by atomic mass is 10.3. The van der Waals surface area contributed by atoms with Gasteiger partial charge in [-0.25, -0.2) is 0 Å². The maximum absolute atomic E-state index is 8.79. The second kappa shape index (κ2) is 5.20. The molecule has 1 atom stereocenters. The highest BCUT2D eigenvalue weighted by atomic mass is 79.9. The Balaban J connectivity index is 2.78. The van der Waals surface area contributed by atoms with Crippen molar-refractivity contribution >= 4 is 33.2 Å². The lowest BCUT2D eigenvalue weighted by Gasteiger charge is -2.10. The summed E-state index contributed by atoms with van der Waals surface area (Å²) in [5.74, 6) is 0. The van der Waals surface area contributed by atoms with Gasteiger partial charge in [0.1, 0.15) is 6.04 Å². The Bertz CT molecular complexity index is 364. The molecule has 3 nitrogen and oxygen atoms in total. The highest BCUT2D eigenvalue weighted by molar-refractivity contribution is 9.10. The molecule has 0 heterocycles. The molecule has 0 saturated carbocycles. The first-order chi connectivity index (χ1) is 6.67. The SMILES string of the molecule is N#CC(CO)Nc1ccc(Cl)c(Br)c1. The van der Waals surface area contributed by atoms with Crippen molar-refractivity contribution in [3.8, 4) is 6.07 Å². The Hall–Kier alpha value is -0.760. The van der Waals surface area contributed by atoms with E-state index < -0.39 is 6.04 Å². The molecule has 14 heavy (non-hydrogen) atoms. The topological polar surface area (TPSA) is 56.0 Å². The molecule has 0 radical (unpaired) electrons. The van der Waals surface area contributed by atoms with Gasteiger partial charge >= 0.3 is 0 Å². The fraction of sp³-hybridized carbons (Fsp3) is 0.222. The highest BCUT2D eigenvalue weighted by Gasteiger charge is 2.05. The van der Waals surface area contributed by atoms with Gasteiger partial charge in [0.05, 0.1) is 17.7 Å². The van der Waals surface area contributed by atoms with E-state index in [-0.39, 0.29) is 6.61 Å². The van der Waals surface area contributed by atoms with Crippen LogP contribution in [0.5, 0.6) is 0 Å². The van der Waals surface area contributed by atoms with E-state index in [1.165, 1.54) is 0 Å². The first-order valence-corrected chi connectivity index (χ1v) is 5.06. The monoisotopic (exact) mass is 274 g/mol. The van der Waals surface area contributed by atoms with Crippen molar-refractivity contribution in [3.05, 3.63) is 27.7 Å². The summed E-state index contributed by atoms with van der Waals surface area (Å²) >= 11 is 9.06. The number of nitrogens with zero attached hydrogens (tertiary/aromatic N) is 1. The summed E-state index contributed by atoms with van der Waals surface area (Å²) in [6, 6.07) is 6.53. The van der Waals surface area contributed by atoms with Crippen LogP contribution in [0.25, 0.3) is 0 Å². The van der Waals surface area contributed by atoms with Gasteiger partial charge < -0.3 is 10.4 Å². The Morgan fingerprint density at radius 3 is 2.86 bits per heavy atom. The van der Waals surface area contributed by atoms with Gasteiger partial charge in [0.2, 0.25) is 0 Å². The predicted molar refractivity (Wildman–Crippen MR) is 59.3 cm³/mol. The molecular formula is C9H8BrClN2O. The van der Waals surface area contributed by atoms with Gasteiger partial charge in [0.25, 0.3) is 0 Å². The molecule has 0 saturated heterocycles. The first-order valence-electron chi connectivity index (χ1n) is 3.89. The largest absolute Gasteiger partial charge is 0.393 e. The number of hydrogen-bond donors (Lipinski definition) is 2. The zero-order valence-electron chi connectivity index (χ0n) is 7.17. The predicted octanol–water partition coefficient (Wildman–Crippen LogP) is 2.40. The number of nitrogens with one attached hydrogen (secondary N) is 1. The summed E-state index contributed by atoms with van der Waals surface area (Å²) in [5, 5.41) is 20.8. The van der Waals surface area contributed by atoms with E-state index >= 15 is 0 Å². The molecule has 74 valence electrons. The van der Waals surface area contributed by atoms with Crippen molar-refractivity contribution in [1.82, 2.24) is 0 Å². The van der Waals surface area contributed by atoms with Crippen molar-refractivity contribution in [2.45, 2.75) is 6.04 Å². The van der Waals surface area contributed by atoms with Crippen LogP contribution < -0.4 is 5.32 Å². The van der Waals surface area contributed by atoms with Crippen molar-refractivity contribution in [2.24, 2.45) is 0 Å². The number of halogens is 2. The van der Waals surface area contributed by atoms with Gasteiger partial charge in [-0.15, -0.1) is 0 Å². The quantitative estimate of drug-likeness (QED) is 0.890. The van der Waals surface area contributed by atoms with E-state index in [0.717, 1.165) is 10.2 Å². The molecule has 0 spiro atoms. The van der Waals surface area contributed by atoms with Crippen molar-refractivity contribution in [3.63, 3.8) is 0 Å². The van der Waals surface area contributed by atoms with E-state index in [2.05, 4.69) is 21.2 Å². The normalized spacial score (nSPS) is 11.9.